The van der Waals surface area contributed by atoms with Crippen molar-refractivity contribution >= 4 is 39.8 Å². The van der Waals surface area contributed by atoms with Gasteiger partial charge in [-0.05, 0) is 25.1 Å². The van der Waals surface area contributed by atoms with Gasteiger partial charge in [0.15, 0.2) is 17.0 Å². The summed E-state index contributed by atoms with van der Waals surface area (Å²) in [5, 5.41) is 15.1. The number of pyridine rings is 1. The molecule has 37 heavy (non-hydrogen) atoms. The molecule has 0 saturated carbocycles. The van der Waals surface area contributed by atoms with E-state index in [0.717, 1.165) is 16.7 Å². The van der Waals surface area contributed by atoms with Crippen molar-refractivity contribution in [2.24, 2.45) is 0 Å². The number of hydrogen-bond acceptors (Lipinski definition) is 10. The summed E-state index contributed by atoms with van der Waals surface area (Å²) in [5.41, 5.74) is 1.99. The van der Waals surface area contributed by atoms with Crippen LogP contribution in [0.2, 0.25) is 0 Å². The lowest BCUT2D eigenvalue weighted by Gasteiger charge is -2.35. The van der Waals surface area contributed by atoms with Crippen molar-refractivity contribution in [3.63, 3.8) is 0 Å². The number of hydrogen-bond donors (Lipinski definition) is 1. The van der Waals surface area contributed by atoms with Crippen molar-refractivity contribution in [3.8, 4) is 11.6 Å². The number of ether oxygens (including phenoxy) is 1. The summed E-state index contributed by atoms with van der Waals surface area (Å²) >= 11 is 0. The summed E-state index contributed by atoms with van der Waals surface area (Å²) in [4.78, 5) is 35.1. The minimum atomic E-state index is -0.358. The molecule has 0 amide bonds. The van der Waals surface area contributed by atoms with Gasteiger partial charge >= 0.3 is 5.97 Å². The number of rotatable bonds is 6. The first-order valence-electron chi connectivity index (χ1n) is 12.1. The first-order valence-corrected chi connectivity index (χ1v) is 12.1. The van der Waals surface area contributed by atoms with E-state index in [1.165, 1.54) is 6.20 Å². The van der Waals surface area contributed by atoms with E-state index in [2.05, 4.69) is 24.9 Å². The summed E-state index contributed by atoms with van der Waals surface area (Å²) in [7, 11) is 0. The Labute approximate surface area is 211 Å². The minimum absolute atomic E-state index is 0.000385. The van der Waals surface area contributed by atoms with Gasteiger partial charge in [-0.2, -0.15) is 15.1 Å². The molecule has 0 spiro atoms. The average molecular weight is 500 g/mol. The zero-order valence-corrected chi connectivity index (χ0v) is 20.2. The number of anilines is 2. The highest BCUT2D eigenvalue weighted by atomic mass is 16.5. The molecule has 1 N–H and O–H groups in total. The second kappa shape index (κ2) is 9.37. The van der Waals surface area contributed by atoms with Crippen molar-refractivity contribution in [2.45, 2.75) is 13.5 Å². The Kier molecular flexibility index (Phi) is 5.75. The van der Waals surface area contributed by atoms with Gasteiger partial charge in [0, 0.05) is 31.6 Å². The van der Waals surface area contributed by atoms with Crippen LogP contribution in [0.5, 0.6) is 5.75 Å². The Bertz CT molecular complexity index is 1570. The van der Waals surface area contributed by atoms with Crippen molar-refractivity contribution in [1.82, 2.24) is 34.3 Å². The number of carbonyl (C=O) groups is 1. The summed E-state index contributed by atoms with van der Waals surface area (Å²) in [6, 6.07) is 11.3. The molecule has 0 atom stereocenters. The first-order chi connectivity index (χ1) is 18.1. The van der Waals surface area contributed by atoms with Crippen LogP contribution >= 0.6 is 0 Å². The molecule has 0 unspecified atom stereocenters. The molecule has 5 aromatic rings. The van der Waals surface area contributed by atoms with Gasteiger partial charge in [-0.3, -0.25) is 4.79 Å². The van der Waals surface area contributed by atoms with E-state index < -0.39 is 0 Å². The molecule has 1 aliphatic rings. The molecule has 0 aliphatic carbocycles. The summed E-state index contributed by atoms with van der Waals surface area (Å²) < 4.78 is 8.60. The maximum atomic E-state index is 12.3. The normalized spacial score (nSPS) is 14.0. The lowest BCUT2D eigenvalue weighted by Crippen LogP contribution is -2.47. The Hall–Kier alpha value is -4.74. The smallest absolute Gasteiger partial charge is 0.326 e. The number of aromatic nitrogens is 7. The van der Waals surface area contributed by atoms with Gasteiger partial charge in [-0.1, -0.05) is 18.2 Å². The third-order valence-corrected chi connectivity index (χ3v) is 6.34. The molecular weight excluding hydrogens is 474 g/mol. The third kappa shape index (κ3) is 4.26. The molecule has 0 bridgehead atoms. The van der Waals surface area contributed by atoms with Gasteiger partial charge in [-0.15, -0.1) is 0 Å². The molecular formula is C25H25N9O3. The summed E-state index contributed by atoms with van der Waals surface area (Å²) in [6.45, 7) is 4.83. The first kappa shape index (κ1) is 22.7. The van der Waals surface area contributed by atoms with Crippen LogP contribution in [-0.2, 0) is 16.1 Å². The van der Waals surface area contributed by atoms with Crippen molar-refractivity contribution in [3.05, 3.63) is 55.1 Å². The monoisotopic (exact) mass is 499 g/mol. The van der Waals surface area contributed by atoms with Gasteiger partial charge < -0.3 is 24.2 Å². The Balaban J connectivity index is 1.38. The molecule has 1 fully saturated rings. The SMILES string of the molecule is CCOC(=O)Cn1cnc2c(-n3ncc4ccccc43)nc(N3CCN(c4ccc(O)cn4)CC3)nc21. The van der Waals surface area contributed by atoms with Crippen LogP contribution in [0.25, 0.3) is 27.9 Å². The maximum Gasteiger partial charge on any atom is 0.326 e. The standard InChI is InChI=1S/C25H25N9O3/c1-2-37-21(36)15-33-16-27-22-23(33)29-25(30-24(22)34-19-6-4-3-5-17(19)13-28-34)32-11-9-31(10-12-32)20-8-7-18(35)14-26-20/h3-8,13-14,16,35H,2,9-12,15H2,1H3. The minimum Gasteiger partial charge on any atom is -0.506 e. The predicted octanol–water partition coefficient (Wildman–Crippen LogP) is 2.16. The Morgan fingerprint density at radius 2 is 1.81 bits per heavy atom. The average Bonchev–Trinajstić information content (AvgIpc) is 3.53. The fourth-order valence-electron chi connectivity index (χ4n) is 4.51. The van der Waals surface area contributed by atoms with E-state index in [9.17, 15) is 9.90 Å². The number of imidazole rings is 1. The van der Waals surface area contributed by atoms with Gasteiger partial charge in [0.2, 0.25) is 5.95 Å². The number of esters is 1. The highest BCUT2D eigenvalue weighted by Crippen LogP contribution is 2.26. The Morgan fingerprint density at radius 3 is 2.59 bits per heavy atom. The van der Waals surface area contributed by atoms with Crippen LogP contribution in [0.4, 0.5) is 11.8 Å². The van der Waals surface area contributed by atoms with Gasteiger partial charge in [0.25, 0.3) is 0 Å². The number of carbonyl (C=O) groups excluding carboxylic acids is 1. The topological polar surface area (TPSA) is 127 Å². The van der Waals surface area contributed by atoms with Crippen LogP contribution < -0.4 is 9.80 Å². The highest BCUT2D eigenvalue weighted by Gasteiger charge is 2.24. The summed E-state index contributed by atoms with van der Waals surface area (Å²) in [5.74, 6) is 1.67. The van der Waals surface area contributed by atoms with Crippen LogP contribution in [-0.4, -0.2) is 78.1 Å². The zero-order valence-electron chi connectivity index (χ0n) is 20.2. The molecule has 6 rings (SSSR count). The maximum absolute atomic E-state index is 12.3. The highest BCUT2D eigenvalue weighted by molar-refractivity contribution is 5.86. The molecule has 1 aromatic carbocycles. The molecule has 5 heterocycles. The summed E-state index contributed by atoms with van der Waals surface area (Å²) in [6.07, 6.45) is 4.83. The molecule has 1 saturated heterocycles. The molecule has 0 radical (unpaired) electrons. The molecule has 4 aromatic heterocycles. The second-order valence-electron chi connectivity index (χ2n) is 8.66. The molecule has 12 heteroatoms. The predicted molar refractivity (Wildman–Crippen MR) is 137 cm³/mol. The molecule has 188 valence electrons. The van der Waals surface area contributed by atoms with E-state index in [4.69, 9.17) is 14.7 Å². The molecule has 12 nitrogen and oxygen atoms in total. The quantitative estimate of drug-likeness (QED) is 0.347. The van der Waals surface area contributed by atoms with E-state index >= 15 is 0 Å². The number of nitrogens with zero attached hydrogens (tertiary/aromatic N) is 9. The number of aromatic hydroxyl groups is 1. The van der Waals surface area contributed by atoms with Crippen LogP contribution in [0.15, 0.2) is 55.1 Å². The van der Waals surface area contributed by atoms with E-state index in [1.54, 1.807) is 34.8 Å². The van der Waals surface area contributed by atoms with Crippen LogP contribution in [0, 0.1) is 0 Å². The van der Waals surface area contributed by atoms with E-state index in [0.29, 0.717) is 55.7 Å². The van der Waals surface area contributed by atoms with Crippen LogP contribution in [0.1, 0.15) is 6.92 Å². The number of piperazine rings is 1. The number of fused-ring (bicyclic) bond motifs is 2. The van der Waals surface area contributed by atoms with Crippen molar-refractivity contribution in [1.29, 1.82) is 0 Å². The number of benzene rings is 1. The van der Waals surface area contributed by atoms with Gasteiger partial charge in [-0.25, -0.2) is 14.6 Å². The van der Waals surface area contributed by atoms with Crippen molar-refractivity contribution < 1.29 is 14.6 Å². The lowest BCUT2D eigenvalue weighted by molar-refractivity contribution is -0.143. The second-order valence-corrected chi connectivity index (χ2v) is 8.66. The lowest BCUT2D eigenvalue weighted by atomic mass is 10.2. The largest absolute Gasteiger partial charge is 0.506 e. The van der Waals surface area contributed by atoms with E-state index in [1.807, 2.05) is 30.3 Å². The Morgan fingerprint density at radius 1 is 1.00 bits per heavy atom. The third-order valence-electron chi connectivity index (χ3n) is 6.34. The molecule has 1 aliphatic heterocycles. The number of para-hydroxylation sites is 1. The van der Waals surface area contributed by atoms with Gasteiger partial charge in [0.05, 0.1) is 30.8 Å². The van der Waals surface area contributed by atoms with Crippen molar-refractivity contribution in [2.75, 3.05) is 42.6 Å². The zero-order chi connectivity index (χ0) is 25.4. The van der Waals surface area contributed by atoms with Crippen LogP contribution in [0.3, 0.4) is 0 Å². The fourth-order valence-corrected chi connectivity index (χ4v) is 4.51. The van der Waals surface area contributed by atoms with E-state index in [-0.39, 0.29) is 18.3 Å². The van der Waals surface area contributed by atoms with Gasteiger partial charge in [0.1, 0.15) is 18.1 Å². The fraction of sp³-hybridized carbons (Fsp3) is 0.280.